The summed E-state index contributed by atoms with van der Waals surface area (Å²) in [6, 6.07) is 7.81. The van der Waals surface area contributed by atoms with Gasteiger partial charge in [0.25, 0.3) is 0 Å². The van der Waals surface area contributed by atoms with Gasteiger partial charge in [0.05, 0.1) is 11.8 Å². The van der Waals surface area contributed by atoms with Gasteiger partial charge in [-0.3, -0.25) is 4.40 Å². The van der Waals surface area contributed by atoms with Crippen molar-refractivity contribution in [3.05, 3.63) is 41.0 Å². The monoisotopic (exact) mass is 344 g/mol. The van der Waals surface area contributed by atoms with E-state index in [2.05, 4.69) is 4.98 Å². The predicted octanol–water partition coefficient (Wildman–Crippen LogP) is 4.50. The van der Waals surface area contributed by atoms with Crippen molar-refractivity contribution in [3.8, 4) is 17.0 Å². The smallest absolute Gasteiger partial charge is 0.347 e. The van der Waals surface area contributed by atoms with Crippen LogP contribution in [0.25, 0.3) is 16.2 Å². The molecule has 0 radical (unpaired) electrons. The number of aromatic nitrogens is 2. The summed E-state index contributed by atoms with van der Waals surface area (Å²) in [4.78, 5) is 17.1. The fourth-order valence-corrected chi connectivity index (χ4v) is 3.63. The van der Waals surface area contributed by atoms with E-state index in [-0.39, 0.29) is 6.10 Å². The number of ether oxygens (including phenoxy) is 1. The molecule has 2 heterocycles. The molecule has 3 rings (SSSR count). The normalized spacial score (nSPS) is 11.3. The van der Waals surface area contributed by atoms with Crippen molar-refractivity contribution in [3.63, 3.8) is 0 Å². The van der Waals surface area contributed by atoms with Crippen LogP contribution >= 0.6 is 11.3 Å². The number of fused-ring (bicyclic) bond motifs is 1. The summed E-state index contributed by atoms with van der Waals surface area (Å²) in [5, 5.41) is 9.36. The van der Waals surface area contributed by atoms with Crippen LogP contribution in [0.15, 0.2) is 30.5 Å². The minimum absolute atomic E-state index is 0.139. The Bertz CT molecular complexity index is 862. The van der Waals surface area contributed by atoms with Crippen LogP contribution < -0.4 is 4.74 Å². The number of imidazole rings is 1. The maximum Gasteiger partial charge on any atom is 0.347 e. The van der Waals surface area contributed by atoms with Crippen LogP contribution in [-0.4, -0.2) is 26.6 Å². The van der Waals surface area contributed by atoms with E-state index in [1.807, 2.05) is 55.6 Å². The first-order valence-electron chi connectivity index (χ1n) is 8.00. The van der Waals surface area contributed by atoms with Crippen molar-refractivity contribution < 1.29 is 14.6 Å². The Hall–Kier alpha value is -2.34. The molecule has 0 atom stereocenters. The summed E-state index contributed by atoms with van der Waals surface area (Å²) in [6.45, 7) is 6.03. The van der Waals surface area contributed by atoms with Gasteiger partial charge in [-0.25, -0.2) is 9.78 Å². The van der Waals surface area contributed by atoms with Gasteiger partial charge in [0.15, 0.2) is 4.96 Å². The first-order valence-corrected chi connectivity index (χ1v) is 8.82. The number of benzene rings is 1. The summed E-state index contributed by atoms with van der Waals surface area (Å²) in [6.07, 6.45) is 3.67. The summed E-state index contributed by atoms with van der Waals surface area (Å²) in [5.74, 6) is -0.0553. The quantitative estimate of drug-likeness (QED) is 0.715. The number of thiazole rings is 1. The van der Waals surface area contributed by atoms with Crippen molar-refractivity contribution >= 4 is 22.3 Å². The summed E-state index contributed by atoms with van der Waals surface area (Å²) in [5.41, 5.74) is 2.65. The lowest BCUT2D eigenvalue weighted by Gasteiger charge is -2.09. The summed E-state index contributed by atoms with van der Waals surface area (Å²) in [7, 11) is 0. The molecule has 24 heavy (non-hydrogen) atoms. The molecule has 0 unspecified atom stereocenters. The van der Waals surface area contributed by atoms with Gasteiger partial charge >= 0.3 is 5.97 Å². The second-order valence-corrected chi connectivity index (χ2v) is 6.88. The van der Waals surface area contributed by atoms with E-state index in [9.17, 15) is 9.90 Å². The highest BCUT2D eigenvalue weighted by molar-refractivity contribution is 7.19. The lowest BCUT2D eigenvalue weighted by molar-refractivity contribution is 0.0700. The second kappa shape index (κ2) is 6.65. The van der Waals surface area contributed by atoms with Gasteiger partial charge in [0.2, 0.25) is 0 Å². The Balaban J connectivity index is 1.97. The first kappa shape index (κ1) is 16.5. The van der Waals surface area contributed by atoms with E-state index >= 15 is 0 Å². The van der Waals surface area contributed by atoms with E-state index in [1.54, 1.807) is 0 Å². The highest BCUT2D eigenvalue weighted by Gasteiger charge is 2.19. The Morgan fingerprint density at radius 2 is 2.04 bits per heavy atom. The second-order valence-electron chi connectivity index (χ2n) is 5.90. The van der Waals surface area contributed by atoms with Crippen LogP contribution in [0.5, 0.6) is 5.75 Å². The third-order valence-corrected chi connectivity index (χ3v) is 4.71. The molecule has 0 saturated heterocycles. The Morgan fingerprint density at radius 3 is 2.62 bits per heavy atom. The van der Waals surface area contributed by atoms with E-state index in [0.717, 1.165) is 35.5 Å². The molecule has 0 spiro atoms. The van der Waals surface area contributed by atoms with Gasteiger partial charge in [-0.1, -0.05) is 24.7 Å². The van der Waals surface area contributed by atoms with Crippen LogP contribution in [0.3, 0.4) is 0 Å². The molecular formula is C18H20N2O3S. The Morgan fingerprint density at radius 1 is 1.33 bits per heavy atom. The van der Waals surface area contributed by atoms with Gasteiger partial charge in [0.1, 0.15) is 10.6 Å². The van der Waals surface area contributed by atoms with Crippen LogP contribution in [0.1, 0.15) is 42.6 Å². The summed E-state index contributed by atoms with van der Waals surface area (Å²) < 4.78 is 7.56. The van der Waals surface area contributed by atoms with E-state index in [0.29, 0.717) is 9.84 Å². The predicted molar refractivity (Wildman–Crippen MR) is 95.2 cm³/mol. The van der Waals surface area contributed by atoms with E-state index in [1.165, 1.54) is 11.3 Å². The number of carboxylic acids is 1. The van der Waals surface area contributed by atoms with Crippen LogP contribution in [0, 0.1) is 0 Å². The molecule has 1 N–H and O–H groups in total. The minimum atomic E-state index is -0.884. The lowest BCUT2D eigenvalue weighted by atomic mass is 10.1. The van der Waals surface area contributed by atoms with Crippen molar-refractivity contribution in [2.45, 2.75) is 39.7 Å². The number of aryl methyl sites for hydroxylation is 1. The fraction of sp³-hybridized carbons (Fsp3) is 0.333. The van der Waals surface area contributed by atoms with Crippen molar-refractivity contribution in [2.24, 2.45) is 0 Å². The highest BCUT2D eigenvalue weighted by Crippen LogP contribution is 2.29. The zero-order valence-corrected chi connectivity index (χ0v) is 14.8. The maximum absolute atomic E-state index is 11.4. The molecule has 3 aromatic rings. The van der Waals surface area contributed by atoms with Gasteiger partial charge in [-0.15, -0.1) is 0 Å². The van der Waals surface area contributed by atoms with Crippen molar-refractivity contribution in [1.82, 2.24) is 9.38 Å². The first-order chi connectivity index (χ1) is 11.5. The molecule has 0 bridgehead atoms. The Labute approximate surface area is 144 Å². The van der Waals surface area contributed by atoms with Gasteiger partial charge in [-0.05, 0) is 44.5 Å². The number of hydrogen-bond donors (Lipinski definition) is 1. The topological polar surface area (TPSA) is 63.8 Å². The molecule has 126 valence electrons. The van der Waals surface area contributed by atoms with Crippen LogP contribution in [0.2, 0.25) is 0 Å². The largest absolute Gasteiger partial charge is 0.491 e. The SMILES string of the molecule is CCCc1c(C(=O)O)sc2nc(-c3ccc(OC(C)C)cc3)cn12. The highest BCUT2D eigenvalue weighted by atomic mass is 32.1. The van der Waals surface area contributed by atoms with Gasteiger partial charge in [0, 0.05) is 17.5 Å². The van der Waals surface area contributed by atoms with Gasteiger partial charge in [-0.2, -0.15) is 0 Å². The molecule has 0 saturated carbocycles. The van der Waals surface area contributed by atoms with Crippen molar-refractivity contribution in [1.29, 1.82) is 0 Å². The summed E-state index contributed by atoms with van der Waals surface area (Å²) >= 11 is 1.23. The van der Waals surface area contributed by atoms with Crippen molar-refractivity contribution in [2.75, 3.05) is 0 Å². The number of aromatic carboxylic acids is 1. The molecule has 2 aromatic heterocycles. The van der Waals surface area contributed by atoms with E-state index in [4.69, 9.17) is 4.74 Å². The zero-order valence-electron chi connectivity index (χ0n) is 13.9. The maximum atomic E-state index is 11.4. The zero-order chi connectivity index (χ0) is 17.3. The number of carboxylic acid groups (broad SMARTS) is 1. The Kier molecular flexibility index (Phi) is 4.57. The molecule has 0 amide bonds. The third kappa shape index (κ3) is 3.14. The molecule has 0 fully saturated rings. The minimum Gasteiger partial charge on any atom is -0.491 e. The molecule has 5 nitrogen and oxygen atoms in total. The fourth-order valence-electron chi connectivity index (χ4n) is 2.64. The average Bonchev–Trinajstić information content (AvgIpc) is 3.07. The molecular weight excluding hydrogens is 324 g/mol. The number of rotatable bonds is 6. The number of hydrogen-bond acceptors (Lipinski definition) is 4. The van der Waals surface area contributed by atoms with E-state index < -0.39 is 5.97 Å². The van der Waals surface area contributed by atoms with Crippen LogP contribution in [0.4, 0.5) is 0 Å². The molecule has 0 aliphatic heterocycles. The molecule has 1 aromatic carbocycles. The van der Waals surface area contributed by atoms with Gasteiger partial charge < -0.3 is 9.84 Å². The standard InChI is InChI=1S/C18H20N2O3S/c1-4-5-15-16(17(21)22)24-18-19-14(10-20(15)18)12-6-8-13(9-7-12)23-11(2)3/h6-11H,4-5H2,1-3H3,(H,21,22). The van der Waals surface area contributed by atoms with Crippen LogP contribution in [-0.2, 0) is 6.42 Å². The molecule has 6 heteroatoms. The number of carbonyl (C=O) groups is 1. The number of nitrogens with zero attached hydrogens (tertiary/aromatic N) is 2. The molecule has 0 aliphatic rings. The third-order valence-electron chi connectivity index (χ3n) is 3.62. The lowest BCUT2D eigenvalue weighted by Crippen LogP contribution is -2.05. The average molecular weight is 344 g/mol. The molecule has 0 aliphatic carbocycles.